The maximum absolute atomic E-state index is 5.38. The minimum absolute atomic E-state index is 0.653. The molecule has 0 unspecified atom stereocenters. The van der Waals surface area contributed by atoms with Crippen molar-refractivity contribution in [3.8, 4) is 5.69 Å². The van der Waals surface area contributed by atoms with E-state index in [4.69, 9.17) is 12.2 Å². The monoisotopic (exact) mass is 269 g/mol. The number of fused-ring (bicyclic) bond motifs is 1. The van der Waals surface area contributed by atoms with Gasteiger partial charge in [0.25, 0.3) is 0 Å². The van der Waals surface area contributed by atoms with E-state index in [0.29, 0.717) is 4.77 Å². The highest BCUT2D eigenvalue weighted by atomic mass is 32.1. The molecule has 0 bridgehead atoms. The molecule has 0 aliphatic rings. The van der Waals surface area contributed by atoms with Crippen LogP contribution < -0.4 is 0 Å². The van der Waals surface area contributed by atoms with Crippen molar-refractivity contribution >= 4 is 23.0 Å². The van der Waals surface area contributed by atoms with Crippen LogP contribution >= 0.6 is 12.2 Å². The van der Waals surface area contributed by atoms with Gasteiger partial charge in [-0.05, 0) is 30.1 Å². The van der Waals surface area contributed by atoms with Crippen molar-refractivity contribution in [2.75, 3.05) is 0 Å². The van der Waals surface area contributed by atoms with Gasteiger partial charge in [-0.25, -0.2) is 0 Å². The second-order valence-corrected chi connectivity index (χ2v) is 4.92. The van der Waals surface area contributed by atoms with E-state index in [1.807, 2.05) is 10.6 Å². The summed E-state index contributed by atoms with van der Waals surface area (Å²) >= 11 is 5.38. The SMILES string of the molecule is CCCc1n[nH]c(=S)n1-c1cccc2ccccc12. The summed E-state index contributed by atoms with van der Waals surface area (Å²) in [4.78, 5) is 0. The number of H-pyrrole nitrogens is 1. The van der Waals surface area contributed by atoms with Crippen molar-refractivity contribution in [1.82, 2.24) is 14.8 Å². The molecule has 96 valence electrons. The van der Waals surface area contributed by atoms with Crippen LogP contribution in [0.5, 0.6) is 0 Å². The number of rotatable bonds is 3. The summed E-state index contributed by atoms with van der Waals surface area (Å²) < 4.78 is 2.70. The van der Waals surface area contributed by atoms with E-state index in [-0.39, 0.29) is 0 Å². The van der Waals surface area contributed by atoms with Crippen LogP contribution in [-0.2, 0) is 6.42 Å². The molecule has 1 N–H and O–H groups in total. The number of aromatic nitrogens is 3. The molecular weight excluding hydrogens is 254 g/mol. The van der Waals surface area contributed by atoms with Crippen molar-refractivity contribution in [3.05, 3.63) is 53.1 Å². The van der Waals surface area contributed by atoms with E-state index in [0.717, 1.165) is 24.4 Å². The molecule has 0 spiro atoms. The van der Waals surface area contributed by atoms with Crippen LogP contribution in [0.4, 0.5) is 0 Å². The topological polar surface area (TPSA) is 33.6 Å². The van der Waals surface area contributed by atoms with Crippen molar-refractivity contribution in [1.29, 1.82) is 0 Å². The maximum atomic E-state index is 5.38. The van der Waals surface area contributed by atoms with Gasteiger partial charge < -0.3 is 0 Å². The van der Waals surface area contributed by atoms with Crippen molar-refractivity contribution in [2.24, 2.45) is 0 Å². The van der Waals surface area contributed by atoms with Crippen LogP contribution in [0.15, 0.2) is 42.5 Å². The van der Waals surface area contributed by atoms with Crippen LogP contribution in [0.2, 0.25) is 0 Å². The molecule has 0 radical (unpaired) electrons. The molecule has 0 saturated heterocycles. The Morgan fingerprint density at radius 2 is 1.95 bits per heavy atom. The average Bonchev–Trinajstić information content (AvgIpc) is 2.80. The first-order valence-corrected chi connectivity index (χ1v) is 6.86. The van der Waals surface area contributed by atoms with Crippen LogP contribution in [0, 0.1) is 4.77 Å². The third-order valence-electron chi connectivity index (χ3n) is 3.22. The Morgan fingerprint density at radius 3 is 2.79 bits per heavy atom. The molecule has 3 aromatic rings. The predicted molar refractivity (Wildman–Crippen MR) is 80.2 cm³/mol. The van der Waals surface area contributed by atoms with E-state index in [1.165, 1.54) is 10.8 Å². The number of hydrogen-bond donors (Lipinski definition) is 1. The summed E-state index contributed by atoms with van der Waals surface area (Å²) in [6.07, 6.45) is 1.96. The normalized spacial score (nSPS) is 11.0. The summed E-state index contributed by atoms with van der Waals surface area (Å²) in [7, 11) is 0. The molecule has 3 rings (SSSR count). The first-order valence-electron chi connectivity index (χ1n) is 6.45. The molecule has 19 heavy (non-hydrogen) atoms. The van der Waals surface area contributed by atoms with Crippen molar-refractivity contribution < 1.29 is 0 Å². The summed E-state index contributed by atoms with van der Waals surface area (Å²) in [6, 6.07) is 14.6. The zero-order valence-electron chi connectivity index (χ0n) is 10.8. The van der Waals surface area contributed by atoms with Gasteiger partial charge in [0.1, 0.15) is 5.82 Å². The molecule has 0 atom stereocenters. The molecule has 3 nitrogen and oxygen atoms in total. The van der Waals surface area contributed by atoms with Gasteiger partial charge in [0.15, 0.2) is 4.77 Å². The molecule has 0 amide bonds. The molecule has 4 heteroatoms. The lowest BCUT2D eigenvalue weighted by molar-refractivity contribution is 0.803. The minimum atomic E-state index is 0.653. The Bertz CT molecular complexity index is 765. The summed E-state index contributed by atoms with van der Waals surface area (Å²) in [5, 5.41) is 9.64. The number of benzene rings is 2. The van der Waals surface area contributed by atoms with E-state index in [9.17, 15) is 0 Å². The number of aryl methyl sites for hydroxylation is 1. The summed E-state index contributed by atoms with van der Waals surface area (Å²) in [5.74, 6) is 0.990. The van der Waals surface area contributed by atoms with Crippen LogP contribution in [0.1, 0.15) is 19.2 Å². The summed E-state index contributed by atoms with van der Waals surface area (Å²) in [5.41, 5.74) is 1.10. The number of nitrogens with one attached hydrogen (secondary N) is 1. The van der Waals surface area contributed by atoms with E-state index < -0.39 is 0 Å². The number of aromatic amines is 1. The fourth-order valence-electron chi connectivity index (χ4n) is 2.37. The molecule has 2 aromatic carbocycles. The highest BCUT2D eigenvalue weighted by molar-refractivity contribution is 7.71. The Balaban J connectivity index is 2.30. The molecule has 0 aliphatic heterocycles. The number of nitrogens with zero attached hydrogens (tertiary/aromatic N) is 2. The molecule has 0 aliphatic carbocycles. The molecule has 0 saturated carbocycles. The fraction of sp³-hybridized carbons (Fsp3) is 0.200. The van der Waals surface area contributed by atoms with Crippen LogP contribution in [-0.4, -0.2) is 14.8 Å². The Labute approximate surface area is 116 Å². The lowest BCUT2D eigenvalue weighted by atomic mass is 10.1. The van der Waals surface area contributed by atoms with E-state index >= 15 is 0 Å². The van der Waals surface area contributed by atoms with Crippen molar-refractivity contribution in [3.63, 3.8) is 0 Å². The fourth-order valence-corrected chi connectivity index (χ4v) is 2.62. The van der Waals surface area contributed by atoms with Crippen LogP contribution in [0.3, 0.4) is 0 Å². The van der Waals surface area contributed by atoms with Gasteiger partial charge >= 0.3 is 0 Å². The van der Waals surface area contributed by atoms with E-state index in [1.54, 1.807) is 0 Å². The Hall–Kier alpha value is -1.94. The Morgan fingerprint density at radius 1 is 1.16 bits per heavy atom. The maximum Gasteiger partial charge on any atom is 0.199 e. The van der Waals surface area contributed by atoms with Gasteiger partial charge in [0.2, 0.25) is 0 Å². The Kier molecular flexibility index (Phi) is 3.17. The van der Waals surface area contributed by atoms with E-state index in [2.05, 4.69) is 53.5 Å². The quantitative estimate of drug-likeness (QED) is 0.728. The molecule has 1 aromatic heterocycles. The lowest BCUT2D eigenvalue weighted by Gasteiger charge is -2.09. The van der Waals surface area contributed by atoms with Gasteiger partial charge in [-0.15, -0.1) is 0 Å². The molecule has 1 heterocycles. The third-order valence-corrected chi connectivity index (χ3v) is 3.50. The second kappa shape index (κ2) is 4.97. The zero-order chi connectivity index (χ0) is 13.2. The lowest BCUT2D eigenvalue weighted by Crippen LogP contribution is -2.02. The van der Waals surface area contributed by atoms with Gasteiger partial charge in [0.05, 0.1) is 5.69 Å². The van der Waals surface area contributed by atoms with Gasteiger partial charge in [-0.1, -0.05) is 43.3 Å². The van der Waals surface area contributed by atoms with Gasteiger partial charge in [-0.3, -0.25) is 9.67 Å². The van der Waals surface area contributed by atoms with Crippen molar-refractivity contribution in [2.45, 2.75) is 19.8 Å². The minimum Gasteiger partial charge on any atom is -0.272 e. The first kappa shape index (κ1) is 12.1. The average molecular weight is 269 g/mol. The molecular formula is C15H15N3S. The second-order valence-electron chi connectivity index (χ2n) is 4.53. The third kappa shape index (κ3) is 2.08. The largest absolute Gasteiger partial charge is 0.272 e. The van der Waals surface area contributed by atoms with Gasteiger partial charge in [0, 0.05) is 11.8 Å². The smallest absolute Gasteiger partial charge is 0.199 e. The predicted octanol–water partition coefficient (Wildman–Crippen LogP) is 4.04. The molecule has 0 fully saturated rings. The highest BCUT2D eigenvalue weighted by Gasteiger charge is 2.09. The standard InChI is InChI=1S/C15H15N3S/c1-2-6-14-16-17-15(19)18(14)13-10-5-8-11-7-3-4-9-12(11)13/h3-5,7-10H,2,6H2,1H3,(H,17,19). The summed E-state index contributed by atoms with van der Waals surface area (Å²) in [6.45, 7) is 2.14. The van der Waals surface area contributed by atoms with Crippen LogP contribution in [0.25, 0.3) is 16.5 Å². The highest BCUT2D eigenvalue weighted by Crippen LogP contribution is 2.23. The number of hydrogen-bond acceptors (Lipinski definition) is 2. The zero-order valence-corrected chi connectivity index (χ0v) is 11.6. The van der Waals surface area contributed by atoms with Gasteiger partial charge in [-0.2, -0.15) is 5.10 Å². The first-order chi connectivity index (χ1) is 9.31.